The predicted octanol–water partition coefficient (Wildman–Crippen LogP) is 3.37. The summed E-state index contributed by atoms with van der Waals surface area (Å²) in [6.07, 6.45) is 0. The molecule has 2 heterocycles. The van der Waals surface area contributed by atoms with Crippen LogP contribution >= 0.6 is 11.3 Å². The minimum absolute atomic E-state index is 0.194. The minimum Gasteiger partial charge on any atom is -0.497 e. The number of carbonyl (C=O) groups excluding carboxylic acids is 1. The van der Waals surface area contributed by atoms with Crippen LogP contribution in [0.15, 0.2) is 64.9 Å². The number of carbonyl (C=O) groups is 1. The first-order chi connectivity index (χ1) is 15.5. The van der Waals surface area contributed by atoms with Crippen LogP contribution in [0.5, 0.6) is 5.75 Å². The van der Waals surface area contributed by atoms with Gasteiger partial charge in [-0.15, -0.1) is 11.3 Å². The lowest BCUT2D eigenvalue weighted by atomic mass is 10.1. The highest BCUT2D eigenvalue weighted by Crippen LogP contribution is 2.33. The van der Waals surface area contributed by atoms with Gasteiger partial charge in [-0.3, -0.25) is 4.79 Å². The Bertz CT molecular complexity index is 1180. The number of rotatable bonds is 7. The Morgan fingerprint density at radius 2 is 1.84 bits per heavy atom. The third kappa shape index (κ3) is 5.02. The maximum Gasteiger partial charge on any atom is 0.252 e. The summed E-state index contributed by atoms with van der Waals surface area (Å²) in [6, 6.07) is 18.1. The molecule has 3 aromatic rings. The second kappa shape index (κ2) is 9.83. The van der Waals surface area contributed by atoms with Gasteiger partial charge in [0.25, 0.3) is 15.9 Å². The first-order valence-corrected chi connectivity index (χ1v) is 12.4. The molecule has 0 aliphatic carbocycles. The number of methoxy groups -OCH3 is 1. The lowest BCUT2D eigenvalue weighted by Gasteiger charge is -2.25. The summed E-state index contributed by atoms with van der Waals surface area (Å²) in [7, 11) is -1.93. The van der Waals surface area contributed by atoms with Crippen molar-refractivity contribution in [3.05, 3.63) is 71.8 Å². The normalized spacial score (nSPS) is 14.8. The van der Waals surface area contributed by atoms with E-state index in [9.17, 15) is 13.2 Å². The largest absolute Gasteiger partial charge is 0.497 e. The van der Waals surface area contributed by atoms with Gasteiger partial charge in [0.1, 0.15) is 9.96 Å². The highest BCUT2D eigenvalue weighted by molar-refractivity contribution is 7.91. The van der Waals surface area contributed by atoms with Gasteiger partial charge in [0.15, 0.2) is 0 Å². The summed E-state index contributed by atoms with van der Waals surface area (Å²) in [4.78, 5) is 13.4. The number of hydrogen-bond donors (Lipinski definition) is 1. The van der Waals surface area contributed by atoms with Crippen molar-refractivity contribution in [2.45, 2.75) is 10.8 Å². The van der Waals surface area contributed by atoms with Crippen LogP contribution in [-0.2, 0) is 21.3 Å². The number of nitrogens with one attached hydrogen (secondary N) is 1. The Morgan fingerprint density at radius 1 is 1.09 bits per heavy atom. The lowest BCUT2D eigenvalue weighted by molar-refractivity contribution is 0.0731. The maximum atomic E-state index is 12.9. The Labute approximate surface area is 191 Å². The fourth-order valence-electron chi connectivity index (χ4n) is 3.37. The van der Waals surface area contributed by atoms with Crippen molar-refractivity contribution in [3.63, 3.8) is 0 Å². The van der Waals surface area contributed by atoms with Gasteiger partial charge >= 0.3 is 0 Å². The number of nitrogens with zero attached hydrogens (tertiary/aromatic N) is 1. The van der Waals surface area contributed by atoms with E-state index in [1.807, 2.05) is 30.3 Å². The molecule has 1 N–H and O–H groups in total. The van der Waals surface area contributed by atoms with Crippen molar-refractivity contribution < 1.29 is 22.7 Å². The third-order valence-corrected chi connectivity index (χ3v) is 8.67. The van der Waals surface area contributed by atoms with Crippen molar-refractivity contribution in [2.75, 3.05) is 33.4 Å². The molecule has 0 atom stereocenters. The summed E-state index contributed by atoms with van der Waals surface area (Å²) in [5.41, 5.74) is 2.28. The van der Waals surface area contributed by atoms with E-state index in [4.69, 9.17) is 9.47 Å². The van der Waals surface area contributed by atoms with Crippen LogP contribution in [0.1, 0.15) is 15.9 Å². The second-order valence-corrected chi connectivity index (χ2v) is 10.5. The van der Waals surface area contributed by atoms with E-state index >= 15 is 0 Å². The maximum absolute atomic E-state index is 12.9. The topological polar surface area (TPSA) is 84.9 Å². The van der Waals surface area contributed by atoms with Crippen molar-refractivity contribution in [2.24, 2.45) is 0 Å². The third-order valence-electron chi connectivity index (χ3n) is 5.17. The van der Waals surface area contributed by atoms with E-state index in [2.05, 4.69) is 5.32 Å². The zero-order valence-corrected chi connectivity index (χ0v) is 19.2. The number of thiophene rings is 1. The van der Waals surface area contributed by atoms with E-state index < -0.39 is 10.0 Å². The molecule has 1 aliphatic heterocycles. The van der Waals surface area contributed by atoms with Crippen LogP contribution in [0.4, 0.5) is 0 Å². The molecule has 0 unspecified atom stereocenters. The van der Waals surface area contributed by atoms with E-state index in [1.54, 1.807) is 37.4 Å². The van der Waals surface area contributed by atoms with Gasteiger partial charge in [0, 0.05) is 30.1 Å². The Balaban J connectivity index is 1.46. The average Bonchev–Trinajstić information content (AvgIpc) is 3.35. The van der Waals surface area contributed by atoms with Crippen LogP contribution in [-0.4, -0.2) is 52.0 Å². The summed E-state index contributed by atoms with van der Waals surface area (Å²) in [6.45, 7) is 1.93. The smallest absolute Gasteiger partial charge is 0.252 e. The van der Waals surface area contributed by atoms with Crippen LogP contribution in [0.25, 0.3) is 10.4 Å². The van der Waals surface area contributed by atoms with Crippen LogP contribution in [0.3, 0.4) is 0 Å². The molecule has 1 fully saturated rings. The molecule has 2 aromatic carbocycles. The summed E-state index contributed by atoms with van der Waals surface area (Å²) >= 11 is 1.21. The molecule has 1 amide bonds. The standard InChI is InChI=1S/C23H24N2O5S2/c1-29-20-7-5-17(6-8-20)16-24-23(26)19-4-2-3-18(15-19)21-9-10-22(31-21)32(27,28)25-11-13-30-14-12-25/h2-10,15H,11-14,16H2,1H3,(H,24,26). The van der Waals surface area contributed by atoms with Crippen molar-refractivity contribution in [3.8, 4) is 16.2 Å². The number of morpholine rings is 1. The lowest BCUT2D eigenvalue weighted by Crippen LogP contribution is -2.40. The van der Waals surface area contributed by atoms with E-state index in [1.165, 1.54) is 15.6 Å². The first-order valence-electron chi connectivity index (χ1n) is 10.2. The molecule has 168 valence electrons. The molecular formula is C23H24N2O5S2. The molecule has 32 heavy (non-hydrogen) atoms. The Kier molecular flexibility index (Phi) is 6.90. The number of ether oxygens (including phenoxy) is 2. The zero-order chi connectivity index (χ0) is 22.6. The zero-order valence-electron chi connectivity index (χ0n) is 17.6. The number of amides is 1. The second-order valence-electron chi connectivity index (χ2n) is 7.25. The Morgan fingerprint density at radius 3 is 2.56 bits per heavy atom. The van der Waals surface area contributed by atoms with Gasteiger partial charge in [-0.25, -0.2) is 8.42 Å². The molecule has 0 saturated carbocycles. The number of benzene rings is 2. The van der Waals surface area contributed by atoms with Crippen LogP contribution in [0, 0.1) is 0 Å². The fourth-order valence-corrected chi connectivity index (χ4v) is 6.23. The van der Waals surface area contributed by atoms with Crippen molar-refractivity contribution in [1.29, 1.82) is 0 Å². The average molecular weight is 473 g/mol. The molecule has 1 saturated heterocycles. The minimum atomic E-state index is -3.54. The van der Waals surface area contributed by atoms with E-state index in [0.29, 0.717) is 42.6 Å². The van der Waals surface area contributed by atoms with Gasteiger partial charge in [0.05, 0.1) is 20.3 Å². The molecule has 1 aliphatic rings. The van der Waals surface area contributed by atoms with E-state index in [-0.39, 0.29) is 5.91 Å². The summed E-state index contributed by atoms with van der Waals surface area (Å²) in [5, 5.41) is 2.91. The van der Waals surface area contributed by atoms with Crippen LogP contribution in [0.2, 0.25) is 0 Å². The monoisotopic (exact) mass is 472 g/mol. The number of sulfonamides is 1. The molecule has 0 spiro atoms. The van der Waals surface area contributed by atoms with Crippen molar-refractivity contribution in [1.82, 2.24) is 9.62 Å². The molecule has 0 bridgehead atoms. The van der Waals surface area contributed by atoms with Gasteiger partial charge in [-0.05, 0) is 47.5 Å². The van der Waals surface area contributed by atoms with Gasteiger partial charge < -0.3 is 14.8 Å². The van der Waals surface area contributed by atoms with E-state index in [0.717, 1.165) is 21.8 Å². The highest BCUT2D eigenvalue weighted by atomic mass is 32.2. The molecule has 4 rings (SSSR count). The SMILES string of the molecule is COc1ccc(CNC(=O)c2cccc(-c3ccc(S(=O)(=O)N4CCOCC4)s3)c2)cc1. The highest BCUT2D eigenvalue weighted by Gasteiger charge is 2.27. The van der Waals surface area contributed by atoms with Crippen LogP contribution < -0.4 is 10.1 Å². The summed E-state index contributed by atoms with van der Waals surface area (Å²) < 4.78 is 37.9. The summed E-state index contributed by atoms with van der Waals surface area (Å²) in [5.74, 6) is 0.569. The quantitative estimate of drug-likeness (QED) is 0.570. The molecular weight excluding hydrogens is 448 g/mol. The predicted molar refractivity (Wildman–Crippen MR) is 123 cm³/mol. The van der Waals surface area contributed by atoms with Gasteiger partial charge in [-0.1, -0.05) is 24.3 Å². The molecule has 9 heteroatoms. The Hall–Kier alpha value is -2.72. The first kappa shape index (κ1) is 22.5. The molecule has 1 aromatic heterocycles. The molecule has 7 nitrogen and oxygen atoms in total. The molecule has 0 radical (unpaired) electrons. The number of hydrogen-bond acceptors (Lipinski definition) is 6. The van der Waals surface area contributed by atoms with Crippen molar-refractivity contribution >= 4 is 27.3 Å². The van der Waals surface area contributed by atoms with Gasteiger partial charge in [0.2, 0.25) is 0 Å². The fraction of sp³-hybridized carbons (Fsp3) is 0.261. The van der Waals surface area contributed by atoms with Gasteiger partial charge in [-0.2, -0.15) is 4.31 Å².